The van der Waals surface area contributed by atoms with Gasteiger partial charge in [-0.25, -0.2) is 0 Å². The van der Waals surface area contributed by atoms with Gasteiger partial charge in [-0.05, 0) is 13.3 Å². The van der Waals surface area contributed by atoms with Crippen LogP contribution in [0.25, 0.3) is 0 Å². The predicted octanol–water partition coefficient (Wildman–Crippen LogP) is 2.15. The van der Waals surface area contributed by atoms with Crippen LogP contribution in [0.1, 0.15) is 52.4 Å². The highest BCUT2D eigenvalue weighted by atomic mass is 16.2. The van der Waals surface area contributed by atoms with E-state index < -0.39 is 0 Å². The highest BCUT2D eigenvalue weighted by Crippen LogP contribution is 2.15. The molecule has 0 heterocycles. The van der Waals surface area contributed by atoms with E-state index in [0.29, 0.717) is 0 Å². The Labute approximate surface area is 94.0 Å². The number of rotatable bonds is 4. The average molecular weight is 214 g/mol. The van der Waals surface area contributed by atoms with Crippen molar-refractivity contribution in [2.45, 2.75) is 52.4 Å². The van der Waals surface area contributed by atoms with Crippen molar-refractivity contribution in [2.24, 2.45) is 5.73 Å². The van der Waals surface area contributed by atoms with E-state index in [1.807, 2.05) is 13.8 Å². The van der Waals surface area contributed by atoms with Crippen molar-refractivity contribution in [1.82, 2.24) is 4.90 Å². The van der Waals surface area contributed by atoms with Crippen LogP contribution in [-0.4, -0.2) is 30.4 Å². The fraction of sp³-hybridized carbons (Fsp3) is 0.917. The van der Waals surface area contributed by atoms with Gasteiger partial charge in [0.25, 0.3) is 0 Å². The fourth-order valence-electron chi connectivity index (χ4n) is 1.74. The van der Waals surface area contributed by atoms with Gasteiger partial charge < -0.3 is 10.6 Å². The molecular formula is C12H26N2O. The molecule has 1 amide bonds. The third kappa shape index (κ3) is 7.37. The van der Waals surface area contributed by atoms with Crippen LogP contribution in [-0.2, 0) is 4.79 Å². The molecule has 2 N–H and O–H groups in total. The average Bonchev–Trinajstić information content (AvgIpc) is 2.83. The van der Waals surface area contributed by atoms with Gasteiger partial charge in [0.2, 0.25) is 5.91 Å². The molecule has 0 aliphatic heterocycles. The van der Waals surface area contributed by atoms with E-state index in [1.54, 1.807) is 4.90 Å². The zero-order valence-corrected chi connectivity index (χ0v) is 10.3. The molecule has 1 rings (SSSR count). The van der Waals surface area contributed by atoms with Crippen LogP contribution in [0.3, 0.4) is 0 Å². The molecule has 0 atom stereocenters. The van der Waals surface area contributed by atoms with Crippen molar-refractivity contribution in [3.63, 3.8) is 0 Å². The van der Waals surface area contributed by atoms with E-state index >= 15 is 0 Å². The lowest BCUT2D eigenvalue weighted by atomic mass is 10.4. The normalized spacial score (nSPS) is 14.3. The van der Waals surface area contributed by atoms with Gasteiger partial charge in [-0.3, -0.25) is 4.79 Å². The molecule has 1 aliphatic carbocycles. The summed E-state index contributed by atoms with van der Waals surface area (Å²) in [5, 5.41) is 0. The van der Waals surface area contributed by atoms with Gasteiger partial charge in [-0.2, -0.15) is 0 Å². The summed E-state index contributed by atoms with van der Waals surface area (Å²) in [6, 6.07) is 0. The Hall–Kier alpha value is -0.570. The molecule has 0 spiro atoms. The van der Waals surface area contributed by atoms with Gasteiger partial charge in [-0.15, -0.1) is 0 Å². The number of hydrogen-bond acceptors (Lipinski definition) is 2. The molecule has 15 heavy (non-hydrogen) atoms. The Kier molecular flexibility index (Phi) is 9.59. The summed E-state index contributed by atoms with van der Waals surface area (Å²) in [6.45, 7) is 5.74. The first-order valence-electron chi connectivity index (χ1n) is 6.24. The monoisotopic (exact) mass is 214 g/mol. The summed E-state index contributed by atoms with van der Waals surface area (Å²) in [6.07, 6.45) is 8.50. The molecule has 0 saturated heterocycles. The highest BCUT2D eigenvalue weighted by molar-refractivity contribution is 5.77. The summed E-state index contributed by atoms with van der Waals surface area (Å²) in [5.74, 6) is 0.0457. The molecule has 1 saturated carbocycles. The van der Waals surface area contributed by atoms with Crippen molar-refractivity contribution in [1.29, 1.82) is 0 Å². The Balaban J connectivity index is 0.000000322. The number of carbonyl (C=O) groups excluding carboxylic acids is 1. The van der Waals surface area contributed by atoms with Crippen molar-refractivity contribution in [3.8, 4) is 0 Å². The van der Waals surface area contributed by atoms with E-state index in [2.05, 4.69) is 0 Å². The first-order valence-corrected chi connectivity index (χ1v) is 6.24. The topological polar surface area (TPSA) is 46.3 Å². The molecule has 3 heteroatoms. The van der Waals surface area contributed by atoms with Crippen LogP contribution in [0.5, 0.6) is 0 Å². The maximum absolute atomic E-state index is 10.9. The van der Waals surface area contributed by atoms with Crippen LogP contribution < -0.4 is 5.73 Å². The lowest BCUT2D eigenvalue weighted by Crippen LogP contribution is -2.36. The van der Waals surface area contributed by atoms with E-state index in [0.717, 1.165) is 19.5 Å². The maximum atomic E-state index is 10.9. The predicted molar refractivity (Wildman–Crippen MR) is 64.7 cm³/mol. The van der Waals surface area contributed by atoms with Crippen LogP contribution in [0.4, 0.5) is 0 Å². The highest BCUT2D eigenvalue weighted by Gasteiger charge is 2.06. The summed E-state index contributed by atoms with van der Waals surface area (Å²) in [7, 11) is 0. The summed E-state index contributed by atoms with van der Waals surface area (Å²) < 4.78 is 0. The zero-order chi connectivity index (χ0) is 11.5. The Bertz CT molecular complexity index is 148. The van der Waals surface area contributed by atoms with Crippen molar-refractivity contribution in [2.75, 3.05) is 19.6 Å². The van der Waals surface area contributed by atoms with Gasteiger partial charge in [0.1, 0.15) is 0 Å². The first-order chi connectivity index (χ1) is 7.26. The van der Waals surface area contributed by atoms with Gasteiger partial charge >= 0.3 is 0 Å². The van der Waals surface area contributed by atoms with Crippen molar-refractivity contribution >= 4 is 5.91 Å². The van der Waals surface area contributed by atoms with Gasteiger partial charge in [0.15, 0.2) is 0 Å². The molecular weight excluding hydrogens is 188 g/mol. The van der Waals surface area contributed by atoms with Gasteiger partial charge in [0, 0.05) is 13.1 Å². The van der Waals surface area contributed by atoms with Crippen molar-refractivity contribution in [3.05, 3.63) is 0 Å². The van der Waals surface area contributed by atoms with E-state index in [4.69, 9.17) is 5.73 Å². The summed E-state index contributed by atoms with van der Waals surface area (Å²) in [4.78, 5) is 12.7. The van der Waals surface area contributed by atoms with Crippen molar-refractivity contribution < 1.29 is 4.79 Å². The summed E-state index contributed by atoms with van der Waals surface area (Å²) in [5.41, 5.74) is 5.19. The second-order valence-electron chi connectivity index (χ2n) is 3.95. The number of carbonyl (C=O) groups is 1. The molecule has 1 fully saturated rings. The second kappa shape index (κ2) is 9.97. The third-order valence-electron chi connectivity index (χ3n) is 2.65. The van der Waals surface area contributed by atoms with Gasteiger partial charge in [-0.1, -0.05) is 39.0 Å². The Morgan fingerprint density at radius 1 is 1.13 bits per heavy atom. The van der Waals surface area contributed by atoms with Crippen LogP contribution >= 0.6 is 0 Å². The van der Waals surface area contributed by atoms with E-state index in [-0.39, 0.29) is 12.5 Å². The quantitative estimate of drug-likeness (QED) is 0.779. The molecule has 0 aromatic rings. The summed E-state index contributed by atoms with van der Waals surface area (Å²) >= 11 is 0. The molecule has 0 unspecified atom stereocenters. The Morgan fingerprint density at radius 3 is 1.87 bits per heavy atom. The van der Waals surface area contributed by atoms with Crippen LogP contribution in [0.2, 0.25) is 0 Å². The molecule has 0 radical (unpaired) electrons. The minimum absolute atomic E-state index is 0.0457. The smallest absolute Gasteiger partial charge is 0.236 e. The number of hydrogen-bond donors (Lipinski definition) is 1. The molecule has 0 bridgehead atoms. The molecule has 90 valence electrons. The number of likely N-dealkylation sites (N-methyl/N-ethyl adjacent to an activating group) is 1. The molecule has 1 aliphatic rings. The molecule has 0 aromatic carbocycles. The zero-order valence-electron chi connectivity index (χ0n) is 10.3. The van der Waals surface area contributed by atoms with Crippen LogP contribution in [0, 0.1) is 0 Å². The molecule has 3 nitrogen and oxygen atoms in total. The molecule has 0 aromatic heterocycles. The fourth-order valence-corrected chi connectivity index (χ4v) is 1.74. The lowest BCUT2D eigenvalue weighted by molar-refractivity contribution is -0.129. The first kappa shape index (κ1) is 14.4. The van der Waals surface area contributed by atoms with E-state index in [9.17, 15) is 4.79 Å². The second-order valence-corrected chi connectivity index (χ2v) is 3.95. The standard InChI is InChI=1S/C7H16N2O.C5H10/c1-3-5-9(4-2)7(10)6-8;1-2-4-5-3-1/h3-6,8H2,1-2H3;1-5H2. The number of amides is 1. The Morgan fingerprint density at radius 2 is 1.60 bits per heavy atom. The SMILES string of the molecule is C1CCCC1.CCCN(CC)C(=O)CN. The maximum Gasteiger partial charge on any atom is 0.236 e. The number of nitrogens with two attached hydrogens (primary N) is 1. The third-order valence-corrected chi connectivity index (χ3v) is 2.65. The largest absolute Gasteiger partial charge is 0.342 e. The van der Waals surface area contributed by atoms with Crippen LogP contribution in [0.15, 0.2) is 0 Å². The lowest BCUT2D eigenvalue weighted by Gasteiger charge is -2.18. The minimum atomic E-state index is 0.0457. The number of nitrogens with zero attached hydrogens (tertiary/aromatic N) is 1. The van der Waals surface area contributed by atoms with Gasteiger partial charge in [0.05, 0.1) is 6.54 Å². The van der Waals surface area contributed by atoms with E-state index in [1.165, 1.54) is 32.1 Å². The minimum Gasteiger partial charge on any atom is -0.342 e.